The highest BCUT2D eigenvalue weighted by molar-refractivity contribution is 8.01. The van der Waals surface area contributed by atoms with E-state index >= 15 is 0 Å². The molecule has 0 aliphatic carbocycles. The third kappa shape index (κ3) is 5.88. The molecule has 0 aliphatic heterocycles. The summed E-state index contributed by atoms with van der Waals surface area (Å²) in [5.74, 6) is 0.413. The summed E-state index contributed by atoms with van der Waals surface area (Å²) in [6.07, 6.45) is 0. The Hall–Kier alpha value is -0.820. The normalized spacial score (nSPS) is 11.3. The molecule has 0 aromatic carbocycles. The Labute approximate surface area is 110 Å². The van der Waals surface area contributed by atoms with Crippen LogP contribution in [0.3, 0.4) is 0 Å². The van der Waals surface area contributed by atoms with Crippen LogP contribution >= 0.6 is 23.1 Å². The highest BCUT2D eigenvalue weighted by Gasteiger charge is 2.13. The van der Waals surface area contributed by atoms with Crippen molar-refractivity contribution in [2.75, 3.05) is 17.6 Å². The van der Waals surface area contributed by atoms with E-state index in [2.05, 4.69) is 41.6 Å². The first-order valence-corrected chi connectivity index (χ1v) is 7.22. The number of aromatic nitrogens is 2. The largest absolute Gasteiger partial charge is 0.356 e. The summed E-state index contributed by atoms with van der Waals surface area (Å²) < 4.78 is 0.808. The fourth-order valence-corrected chi connectivity index (χ4v) is 2.81. The van der Waals surface area contributed by atoms with Crippen molar-refractivity contribution in [1.29, 1.82) is 0 Å². The summed E-state index contributed by atoms with van der Waals surface area (Å²) in [7, 11) is 0. The van der Waals surface area contributed by atoms with Crippen LogP contribution in [-0.4, -0.2) is 33.9 Å². The molecule has 0 atom stereocenters. The van der Waals surface area contributed by atoms with Crippen LogP contribution in [0.2, 0.25) is 0 Å². The standard InChI is InChI=1S/C10H18N4OS2/c1-5-11-7(15)6-16-9-14-13-8(17-9)12-10(2,3)4/h5-6H2,1-4H3,(H,11,15)(H,12,13). The number of hydrogen-bond acceptors (Lipinski definition) is 6. The summed E-state index contributed by atoms with van der Waals surface area (Å²) in [5, 5.41) is 14.8. The van der Waals surface area contributed by atoms with Crippen LogP contribution in [-0.2, 0) is 4.79 Å². The predicted molar refractivity (Wildman–Crippen MR) is 72.7 cm³/mol. The van der Waals surface area contributed by atoms with Gasteiger partial charge >= 0.3 is 0 Å². The fourth-order valence-electron chi connectivity index (χ4n) is 1.01. The molecule has 0 aliphatic rings. The van der Waals surface area contributed by atoms with E-state index in [0.717, 1.165) is 9.47 Å². The molecule has 1 amide bonds. The first-order valence-electron chi connectivity index (χ1n) is 5.42. The Kier molecular flexibility index (Phi) is 5.20. The monoisotopic (exact) mass is 274 g/mol. The van der Waals surface area contributed by atoms with E-state index in [0.29, 0.717) is 12.3 Å². The van der Waals surface area contributed by atoms with Gasteiger partial charge in [0.25, 0.3) is 0 Å². The molecule has 1 heterocycles. The first-order chi connectivity index (χ1) is 7.90. The van der Waals surface area contributed by atoms with Crippen molar-refractivity contribution < 1.29 is 4.79 Å². The maximum absolute atomic E-state index is 11.3. The topological polar surface area (TPSA) is 66.9 Å². The summed E-state index contributed by atoms with van der Waals surface area (Å²) in [6, 6.07) is 0. The van der Waals surface area contributed by atoms with Gasteiger partial charge in [-0.3, -0.25) is 4.79 Å². The maximum Gasteiger partial charge on any atom is 0.230 e. The van der Waals surface area contributed by atoms with E-state index in [1.54, 1.807) is 0 Å². The summed E-state index contributed by atoms with van der Waals surface area (Å²) in [6.45, 7) is 8.76. The van der Waals surface area contributed by atoms with Gasteiger partial charge in [-0.1, -0.05) is 23.1 Å². The van der Waals surface area contributed by atoms with Crippen molar-refractivity contribution in [2.24, 2.45) is 0 Å². The molecule has 1 aromatic rings. The van der Waals surface area contributed by atoms with Gasteiger partial charge in [-0.05, 0) is 27.7 Å². The number of amides is 1. The first kappa shape index (κ1) is 14.2. The van der Waals surface area contributed by atoms with Crippen LogP contribution in [0.25, 0.3) is 0 Å². The molecule has 0 fully saturated rings. The van der Waals surface area contributed by atoms with Crippen molar-refractivity contribution in [3.63, 3.8) is 0 Å². The minimum absolute atomic E-state index is 0.0260. The third-order valence-corrected chi connectivity index (χ3v) is 3.56. The second-order valence-corrected chi connectivity index (χ2v) is 6.69. The SMILES string of the molecule is CCNC(=O)CSc1nnc(NC(C)(C)C)s1. The van der Waals surface area contributed by atoms with Crippen molar-refractivity contribution in [1.82, 2.24) is 15.5 Å². The number of hydrogen-bond donors (Lipinski definition) is 2. The number of rotatable bonds is 5. The minimum atomic E-state index is -0.0267. The number of nitrogens with one attached hydrogen (secondary N) is 2. The van der Waals surface area contributed by atoms with Crippen molar-refractivity contribution in [2.45, 2.75) is 37.6 Å². The van der Waals surface area contributed by atoms with Gasteiger partial charge in [-0.15, -0.1) is 10.2 Å². The predicted octanol–water partition coefficient (Wildman–Crippen LogP) is 1.98. The van der Waals surface area contributed by atoms with E-state index in [-0.39, 0.29) is 11.4 Å². The number of thioether (sulfide) groups is 1. The highest BCUT2D eigenvalue weighted by Crippen LogP contribution is 2.26. The summed E-state index contributed by atoms with van der Waals surface area (Å²) >= 11 is 2.88. The number of carbonyl (C=O) groups is 1. The average Bonchev–Trinajstić information content (AvgIpc) is 2.60. The second-order valence-electron chi connectivity index (χ2n) is 4.49. The molecule has 0 radical (unpaired) electrons. The van der Waals surface area contributed by atoms with Crippen LogP contribution in [0.4, 0.5) is 5.13 Å². The Bertz CT molecular complexity index is 373. The summed E-state index contributed by atoms with van der Waals surface area (Å²) in [5.41, 5.74) is -0.0267. The van der Waals surface area contributed by atoms with E-state index in [9.17, 15) is 4.79 Å². The zero-order valence-corrected chi connectivity index (χ0v) is 12.2. The van der Waals surface area contributed by atoms with Crippen LogP contribution in [0, 0.1) is 0 Å². The smallest absolute Gasteiger partial charge is 0.230 e. The molecule has 0 bridgehead atoms. The van der Waals surface area contributed by atoms with Crippen LogP contribution in [0.15, 0.2) is 4.34 Å². The Morgan fingerprint density at radius 2 is 2.12 bits per heavy atom. The van der Waals surface area contributed by atoms with Crippen LogP contribution < -0.4 is 10.6 Å². The highest BCUT2D eigenvalue weighted by atomic mass is 32.2. The number of carbonyl (C=O) groups excluding carboxylic acids is 1. The molecule has 5 nitrogen and oxygen atoms in total. The van der Waals surface area contributed by atoms with Crippen molar-refractivity contribution in [3.8, 4) is 0 Å². The van der Waals surface area contributed by atoms with Gasteiger partial charge < -0.3 is 10.6 Å². The van der Waals surface area contributed by atoms with E-state index in [1.807, 2.05) is 6.92 Å². The lowest BCUT2D eigenvalue weighted by molar-refractivity contribution is -0.118. The van der Waals surface area contributed by atoms with Crippen molar-refractivity contribution >= 4 is 34.1 Å². The minimum Gasteiger partial charge on any atom is -0.356 e. The van der Waals surface area contributed by atoms with Gasteiger partial charge in [0.05, 0.1) is 5.75 Å². The quantitative estimate of drug-likeness (QED) is 0.804. The molecule has 0 spiro atoms. The number of nitrogens with zero attached hydrogens (tertiary/aromatic N) is 2. The molecule has 7 heteroatoms. The van der Waals surface area contributed by atoms with Gasteiger partial charge in [0.2, 0.25) is 11.0 Å². The fraction of sp³-hybridized carbons (Fsp3) is 0.700. The van der Waals surface area contributed by atoms with Crippen LogP contribution in [0.5, 0.6) is 0 Å². The molecular weight excluding hydrogens is 256 g/mol. The lowest BCUT2D eigenvalue weighted by atomic mass is 10.1. The Morgan fingerprint density at radius 3 is 2.71 bits per heavy atom. The van der Waals surface area contributed by atoms with Gasteiger partial charge in [0.15, 0.2) is 4.34 Å². The van der Waals surface area contributed by atoms with E-state index < -0.39 is 0 Å². The molecule has 0 unspecified atom stereocenters. The average molecular weight is 274 g/mol. The van der Waals surface area contributed by atoms with E-state index in [4.69, 9.17) is 0 Å². The molecule has 1 aromatic heterocycles. The second kappa shape index (κ2) is 6.20. The zero-order chi connectivity index (χ0) is 12.9. The van der Waals surface area contributed by atoms with Gasteiger partial charge in [-0.25, -0.2) is 0 Å². The molecular formula is C10H18N4OS2. The summed E-state index contributed by atoms with van der Waals surface area (Å²) in [4.78, 5) is 11.3. The molecule has 0 saturated carbocycles. The Balaban J connectivity index is 2.43. The maximum atomic E-state index is 11.3. The van der Waals surface area contributed by atoms with Gasteiger partial charge in [-0.2, -0.15) is 0 Å². The lowest BCUT2D eigenvalue weighted by Gasteiger charge is -2.18. The third-order valence-electron chi connectivity index (χ3n) is 1.59. The Morgan fingerprint density at radius 1 is 1.41 bits per heavy atom. The van der Waals surface area contributed by atoms with Crippen molar-refractivity contribution in [3.05, 3.63) is 0 Å². The molecule has 0 saturated heterocycles. The molecule has 2 N–H and O–H groups in total. The molecule has 1 rings (SSSR count). The number of anilines is 1. The van der Waals surface area contributed by atoms with Gasteiger partial charge in [0.1, 0.15) is 0 Å². The molecule has 17 heavy (non-hydrogen) atoms. The van der Waals surface area contributed by atoms with Gasteiger partial charge in [0, 0.05) is 12.1 Å². The zero-order valence-electron chi connectivity index (χ0n) is 10.5. The van der Waals surface area contributed by atoms with E-state index in [1.165, 1.54) is 23.1 Å². The van der Waals surface area contributed by atoms with Crippen LogP contribution in [0.1, 0.15) is 27.7 Å². The lowest BCUT2D eigenvalue weighted by Crippen LogP contribution is -2.25. The molecule has 96 valence electrons.